The monoisotopic (exact) mass is 365 g/mol. The smallest absolute Gasteiger partial charge is 0.0450 e. The van der Waals surface area contributed by atoms with Crippen LogP contribution in [0.5, 0.6) is 0 Å². The Morgan fingerprint density at radius 1 is 0.929 bits per heavy atom. The van der Waals surface area contributed by atoms with E-state index in [1.54, 1.807) is 0 Å². The van der Waals surface area contributed by atoms with Crippen molar-refractivity contribution in [3.63, 3.8) is 0 Å². The van der Waals surface area contributed by atoms with E-state index >= 15 is 0 Å². The largest absolute Gasteiger partial charge is 0.343 e. The zero-order valence-electron chi connectivity index (χ0n) is 16.5. The van der Waals surface area contributed by atoms with Crippen molar-refractivity contribution in [3.05, 3.63) is 108 Å². The molecule has 0 N–H and O–H groups in total. The minimum atomic E-state index is 0.129. The molecule has 5 rings (SSSR count). The van der Waals surface area contributed by atoms with E-state index in [1.807, 2.05) is 0 Å². The molecule has 1 heteroatoms. The van der Waals surface area contributed by atoms with Gasteiger partial charge in [-0.1, -0.05) is 85.8 Å². The highest BCUT2D eigenvalue weighted by molar-refractivity contribution is 5.73. The van der Waals surface area contributed by atoms with Crippen molar-refractivity contribution in [1.82, 2.24) is 0 Å². The summed E-state index contributed by atoms with van der Waals surface area (Å²) in [6, 6.07) is 19.8. The van der Waals surface area contributed by atoms with Crippen LogP contribution in [-0.4, -0.2) is 6.54 Å². The molecule has 1 nitrogen and oxygen atoms in total. The lowest BCUT2D eigenvalue weighted by molar-refractivity contribution is 0.518. The van der Waals surface area contributed by atoms with E-state index in [2.05, 4.69) is 103 Å². The van der Waals surface area contributed by atoms with E-state index in [0.717, 1.165) is 19.4 Å². The Labute approximate surface area is 168 Å². The molecule has 1 spiro atoms. The maximum Gasteiger partial charge on any atom is 0.0450 e. The maximum atomic E-state index is 2.59. The number of anilines is 1. The number of rotatable bonds is 2. The van der Waals surface area contributed by atoms with Crippen LogP contribution in [0.3, 0.4) is 0 Å². The topological polar surface area (TPSA) is 3.24 Å². The van der Waals surface area contributed by atoms with Gasteiger partial charge in [-0.15, -0.1) is 0 Å². The minimum absolute atomic E-state index is 0.129. The average molecular weight is 366 g/mol. The zero-order valence-corrected chi connectivity index (χ0v) is 16.5. The normalized spacial score (nSPS) is 26.0. The Hall–Kier alpha value is -2.80. The van der Waals surface area contributed by atoms with Crippen LogP contribution in [0.25, 0.3) is 5.57 Å². The maximum absolute atomic E-state index is 2.59. The van der Waals surface area contributed by atoms with Crippen LogP contribution in [0, 0.1) is 5.92 Å². The summed E-state index contributed by atoms with van der Waals surface area (Å²) in [5.74, 6) is 0.510. The van der Waals surface area contributed by atoms with Gasteiger partial charge in [0.15, 0.2) is 0 Å². The molecular formula is C27H27N. The van der Waals surface area contributed by atoms with Gasteiger partial charge < -0.3 is 4.90 Å². The Morgan fingerprint density at radius 2 is 1.75 bits per heavy atom. The Balaban J connectivity index is 1.53. The SMILES string of the molecule is CC1CC(c2ccccc2)=CC=C1N1CC2(C=CC=CCC2)c2ccccc21. The van der Waals surface area contributed by atoms with E-state index in [0.29, 0.717) is 5.92 Å². The van der Waals surface area contributed by atoms with Gasteiger partial charge in [0.05, 0.1) is 0 Å². The fraction of sp³-hybridized carbons (Fsp3) is 0.259. The van der Waals surface area contributed by atoms with Gasteiger partial charge in [0.2, 0.25) is 0 Å². The molecule has 2 atom stereocenters. The third-order valence-corrected chi connectivity index (χ3v) is 6.53. The van der Waals surface area contributed by atoms with Gasteiger partial charge in [-0.25, -0.2) is 0 Å². The fourth-order valence-electron chi connectivity index (χ4n) is 5.08. The molecule has 1 heterocycles. The average Bonchev–Trinajstić information content (AvgIpc) is 2.88. The van der Waals surface area contributed by atoms with Crippen molar-refractivity contribution in [2.45, 2.75) is 31.6 Å². The number of benzene rings is 2. The second-order valence-electron chi connectivity index (χ2n) is 8.34. The molecule has 0 aromatic heterocycles. The van der Waals surface area contributed by atoms with Gasteiger partial charge in [-0.05, 0) is 48.1 Å². The first-order valence-corrected chi connectivity index (χ1v) is 10.4. The van der Waals surface area contributed by atoms with Crippen molar-refractivity contribution in [3.8, 4) is 0 Å². The summed E-state index contributed by atoms with van der Waals surface area (Å²) in [4.78, 5) is 2.59. The van der Waals surface area contributed by atoms with Crippen LogP contribution >= 0.6 is 0 Å². The van der Waals surface area contributed by atoms with Crippen molar-refractivity contribution < 1.29 is 0 Å². The molecule has 2 unspecified atom stereocenters. The highest BCUT2D eigenvalue weighted by atomic mass is 15.2. The Kier molecular flexibility index (Phi) is 4.31. The van der Waals surface area contributed by atoms with Crippen molar-refractivity contribution in [2.24, 2.45) is 5.92 Å². The molecule has 0 bridgehead atoms. The quantitative estimate of drug-likeness (QED) is 0.575. The van der Waals surface area contributed by atoms with Crippen molar-refractivity contribution >= 4 is 11.3 Å². The molecule has 28 heavy (non-hydrogen) atoms. The highest BCUT2D eigenvalue weighted by Crippen LogP contribution is 2.48. The molecule has 2 aromatic rings. The standard InChI is InChI=1S/C27H27N/c1-21-19-23(22-11-5-4-6-12-22)15-16-25(21)28-20-27(17-9-2-3-10-18-27)24-13-7-8-14-26(24)28/h2-9,11-17,21H,10,18-20H2,1H3. The van der Waals surface area contributed by atoms with Crippen LogP contribution < -0.4 is 4.90 Å². The van der Waals surface area contributed by atoms with Gasteiger partial charge in [-0.3, -0.25) is 0 Å². The van der Waals surface area contributed by atoms with Gasteiger partial charge in [-0.2, -0.15) is 0 Å². The molecule has 140 valence electrons. The molecular weight excluding hydrogens is 338 g/mol. The summed E-state index contributed by atoms with van der Waals surface area (Å²) < 4.78 is 0. The molecule has 0 saturated carbocycles. The summed E-state index contributed by atoms with van der Waals surface area (Å²) >= 11 is 0. The van der Waals surface area contributed by atoms with Crippen LogP contribution in [0.4, 0.5) is 5.69 Å². The molecule has 3 aliphatic rings. The molecule has 0 fully saturated rings. The first-order chi connectivity index (χ1) is 13.8. The molecule has 2 aromatic carbocycles. The van der Waals surface area contributed by atoms with E-state index in [9.17, 15) is 0 Å². The second kappa shape index (κ2) is 6.98. The predicted molar refractivity (Wildman–Crippen MR) is 119 cm³/mol. The lowest BCUT2D eigenvalue weighted by Crippen LogP contribution is -2.33. The molecule has 1 aliphatic heterocycles. The van der Waals surface area contributed by atoms with Crippen molar-refractivity contribution in [2.75, 3.05) is 11.4 Å². The zero-order chi connectivity index (χ0) is 19.0. The molecule has 0 radical (unpaired) electrons. The molecule has 0 amide bonds. The first-order valence-electron chi connectivity index (χ1n) is 10.4. The van der Waals surface area contributed by atoms with Crippen molar-refractivity contribution in [1.29, 1.82) is 0 Å². The van der Waals surface area contributed by atoms with Gasteiger partial charge >= 0.3 is 0 Å². The highest BCUT2D eigenvalue weighted by Gasteiger charge is 2.42. The number of hydrogen-bond donors (Lipinski definition) is 0. The van der Waals surface area contributed by atoms with Gasteiger partial charge in [0.25, 0.3) is 0 Å². The van der Waals surface area contributed by atoms with Crippen LogP contribution in [0.1, 0.15) is 37.3 Å². The van der Waals surface area contributed by atoms with Crippen LogP contribution in [0.2, 0.25) is 0 Å². The third kappa shape index (κ3) is 2.86. The van der Waals surface area contributed by atoms with E-state index in [4.69, 9.17) is 0 Å². The van der Waals surface area contributed by atoms with Gasteiger partial charge in [0.1, 0.15) is 0 Å². The van der Waals surface area contributed by atoms with Crippen LogP contribution in [-0.2, 0) is 5.41 Å². The predicted octanol–water partition coefficient (Wildman–Crippen LogP) is 6.66. The third-order valence-electron chi connectivity index (χ3n) is 6.53. The Morgan fingerprint density at radius 3 is 2.61 bits per heavy atom. The van der Waals surface area contributed by atoms with Crippen LogP contribution in [0.15, 0.2) is 96.8 Å². The summed E-state index contributed by atoms with van der Waals surface area (Å²) in [7, 11) is 0. The second-order valence-corrected chi connectivity index (χ2v) is 8.34. The lowest BCUT2D eigenvalue weighted by Gasteiger charge is -2.33. The minimum Gasteiger partial charge on any atom is -0.343 e. The fourth-order valence-corrected chi connectivity index (χ4v) is 5.08. The summed E-state index contributed by atoms with van der Waals surface area (Å²) in [5, 5.41) is 0. The van der Waals surface area contributed by atoms with E-state index in [1.165, 1.54) is 34.5 Å². The summed E-state index contributed by atoms with van der Waals surface area (Å²) in [5.41, 5.74) is 7.25. The summed E-state index contributed by atoms with van der Waals surface area (Å²) in [6.07, 6.45) is 17.3. The number of hydrogen-bond acceptors (Lipinski definition) is 1. The number of fused-ring (bicyclic) bond motifs is 2. The molecule has 2 aliphatic carbocycles. The molecule has 0 saturated heterocycles. The number of allylic oxidation sites excluding steroid dienone is 7. The first kappa shape index (κ1) is 17.3. The van der Waals surface area contributed by atoms with Gasteiger partial charge in [0, 0.05) is 29.3 Å². The van der Waals surface area contributed by atoms with E-state index in [-0.39, 0.29) is 5.41 Å². The number of para-hydroxylation sites is 1. The summed E-state index contributed by atoms with van der Waals surface area (Å²) in [6.45, 7) is 3.43. The lowest BCUT2D eigenvalue weighted by atomic mass is 9.78. The number of nitrogens with zero attached hydrogens (tertiary/aromatic N) is 1. The van der Waals surface area contributed by atoms with E-state index < -0.39 is 0 Å². The Bertz CT molecular complexity index is 992.